The van der Waals surface area contributed by atoms with Crippen molar-refractivity contribution in [1.29, 1.82) is 5.26 Å². The lowest BCUT2D eigenvalue weighted by atomic mass is 10.1. The van der Waals surface area contributed by atoms with Gasteiger partial charge in [0.25, 0.3) is 5.91 Å². The maximum Gasteiger partial charge on any atom is 0.258 e. The number of nitriles is 1. The van der Waals surface area contributed by atoms with Gasteiger partial charge in [0.2, 0.25) is 10.0 Å². The van der Waals surface area contributed by atoms with Crippen LogP contribution in [0.3, 0.4) is 0 Å². The van der Waals surface area contributed by atoms with E-state index in [9.17, 15) is 13.2 Å². The predicted octanol–water partition coefficient (Wildman–Crippen LogP) is 3.69. The molecule has 6 nitrogen and oxygen atoms in total. The average molecular weight is 400 g/mol. The van der Waals surface area contributed by atoms with Crippen LogP contribution >= 0.6 is 0 Å². The number of hydrogen-bond donors (Lipinski definition) is 1. The van der Waals surface area contributed by atoms with Gasteiger partial charge in [-0.15, -0.1) is 0 Å². The van der Waals surface area contributed by atoms with Crippen molar-refractivity contribution in [1.82, 2.24) is 4.72 Å². The van der Waals surface area contributed by atoms with Crippen molar-refractivity contribution in [3.8, 4) is 6.07 Å². The van der Waals surface area contributed by atoms with Crippen LogP contribution in [0.5, 0.6) is 0 Å². The lowest BCUT2D eigenvalue weighted by Crippen LogP contribution is -2.40. The van der Waals surface area contributed by atoms with E-state index in [1.165, 1.54) is 24.3 Å². The number of rotatable bonds is 5. The van der Waals surface area contributed by atoms with Crippen molar-refractivity contribution in [2.75, 3.05) is 4.90 Å². The fraction of sp³-hybridized carbons (Fsp3) is 0.333. The molecule has 0 aliphatic rings. The fourth-order valence-electron chi connectivity index (χ4n) is 2.75. The molecule has 7 heteroatoms. The normalized spacial score (nSPS) is 11.9. The topological polar surface area (TPSA) is 90.3 Å². The van der Waals surface area contributed by atoms with E-state index in [2.05, 4.69) is 10.8 Å². The molecule has 0 aromatic heterocycles. The van der Waals surface area contributed by atoms with Crippen LogP contribution in [0, 0.1) is 11.3 Å². The molecule has 0 atom stereocenters. The van der Waals surface area contributed by atoms with Crippen LogP contribution in [0.1, 0.15) is 50.5 Å². The Balaban J connectivity index is 2.35. The Morgan fingerprint density at radius 2 is 1.71 bits per heavy atom. The maximum atomic E-state index is 13.1. The summed E-state index contributed by atoms with van der Waals surface area (Å²) in [6, 6.07) is 14.6. The highest BCUT2D eigenvalue weighted by atomic mass is 32.2. The first-order valence-electron chi connectivity index (χ1n) is 8.92. The van der Waals surface area contributed by atoms with Gasteiger partial charge in [-0.2, -0.15) is 5.26 Å². The van der Waals surface area contributed by atoms with Crippen molar-refractivity contribution in [3.63, 3.8) is 0 Å². The maximum absolute atomic E-state index is 13.1. The number of hydrogen-bond acceptors (Lipinski definition) is 4. The highest BCUT2D eigenvalue weighted by Gasteiger charge is 2.24. The van der Waals surface area contributed by atoms with E-state index in [1.807, 2.05) is 13.8 Å². The van der Waals surface area contributed by atoms with Crippen LogP contribution in [0.25, 0.3) is 0 Å². The van der Waals surface area contributed by atoms with Gasteiger partial charge in [-0.1, -0.05) is 6.07 Å². The number of anilines is 1. The van der Waals surface area contributed by atoms with Gasteiger partial charge in [0.1, 0.15) is 0 Å². The second-order valence-electron chi connectivity index (χ2n) is 7.81. The number of amides is 1. The van der Waals surface area contributed by atoms with Crippen molar-refractivity contribution in [3.05, 3.63) is 59.7 Å². The monoisotopic (exact) mass is 399 g/mol. The zero-order chi connectivity index (χ0) is 21.1. The summed E-state index contributed by atoms with van der Waals surface area (Å²) in [7, 11) is -3.67. The minimum Gasteiger partial charge on any atom is -0.306 e. The molecule has 28 heavy (non-hydrogen) atoms. The molecule has 2 aromatic rings. The van der Waals surface area contributed by atoms with E-state index in [-0.39, 0.29) is 16.8 Å². The van der Waals surface area contributed by atoms with Crippen molar-refractivity contribution in [2.45, 2.75) is 51.1 Å². The molecule has 148 valence electrons. The lowest BCUT2D eigenvalue weighted by Gasteiger charge is -2.27. The average Bonchev–Trinajstić information content (AvgIpc) is 2.60. The van der Waals surface area contributed by atoms with Gasteiger partial charge in [0.05, 0.1) is 16.5 Å². The van der Waals surface area contributed by atoms with E-state index < -0.39 is 15.6 Å². The Morgan fingerprint density at radius 1 is 1.11 bits per heavy atom. The van der Waals surface area contributed by atoms with Gasteiger partial charge in [-0.05, 0) is 77.1 Å². The van der Waals surface area contributed by atoms with Crippen molar-refractivity contribution in [2.24, 2.45) is 0 Å². The molecule has 1 N–H and O–H groups in total. The van der Waals surface area contributed by atoms with Crippen molar-refractivity contribution < 1.29 is 13.2 Å². The molecule has 1 amide bonds. The molecule has 0 fully saturated rings. The summed E-state index contributed by atoms with van der Waals surface area (Å²) in [6.45, 7) is 9.04. The molecular weight excluding hydrogens is 374 g/mol. The molecule has 0 aliphatic carbocycles. The fourth-order valence-corrected chi connectivity index (χ4v) is 4.17. The van der Waals surface area contributed by atoms with Gasteiger partial charge < -0.3 is 4.90 Å². The van der Waals surface area contributed by atoms with E-state index >= 15 is 0 Å². The third-order valence-electron chi connectivity index (χ3n) is 3.84. The summed E-state index contributed by atoms with van der Waals surface area (Å²) < 4.78 is 27.4. The number of nitrogens with zero attached hydrogens (tertiary/aromatic N) is 2. The summed E-state index contributed by atoms with van der Waals surface area (Å²) in [5.74, 6) is -0.266. The molecule has 0 bridgehead atoms. The van der Waals surface area contributed by atoms with Crippen LogP contribution in [-0.4, -0.2) is 25.9 Å². The number of sulfonamides is 1. The first-order chi connectivity index (χ1) is 12.9. The van der Waals surface area contributed by atoms with Crippen LogP contribution in [-0.2, 0) is 10.0 Å². The number of nitrogens with one attached hydrogen (secondary N) is 1. The molecule has 0 saturated carbocycles. The van der Waals surface area contributed by atoms with E-state index in [0.717, 1.165) is 0 Å². The Kier molecular flexibility index (Phi) is 6.27. The van der Waals surface area contributed by atoms with Gasteiger partial charge in [0.15, 0.2) is 0 Å². The third kappa shape index (κ3) is 5.18. The molecule has 0 saturated heterocycles. The first kappa shape index (κ1) is 21.6. The van der Waals surface area contributed by atoms with Gasteiger partial charge >= 0.3 is 0 Å². The number of carbonyl (C=O) groups excluding carboxylic acids is 1. The zero-order valence-corrected chi connectivity index (χ0v) is 17.5. The Hall–Kier alpha value is -2.69. The Labute approximate surface area is 166 Å². The van der Waals surface area contributed by atoms with E-state index in [4.69, 9.17) is 5.26 Å². The van der Waals surface area contributed by atoms with E-state index in [1.54, 1.807) is 49.9 Å². The second-order valence-corrected chi connectivity index (χ2v) is 9.49. The smallest absolute Gasteiger partial charge is 0.258 e. The highest BCUT2D eigenvalue weighted by Crippen LogP contribution is 2.22. The van der Waals surface area contributed by atoms with Crippen LogP contribution in [0.15, 0.2) is 53.4 Å². The predicted molar refractivity (Wildman–Crippen MR) is 110 cm³/mol. The first-order valence-corrected chi connectivity index (χ1v) is 10.4. The van der Waals surface area contributed by atoms with Gasteiger partial charge in [-0.25, -0.2) is 13.1 Å². The summed E-state index contributed by atoms with van der Waals surface area (Å²) in [5.41, 5.74) is 0.842. The third-order valence-corrected chi connectivity index (χ3v) is 5.61. The number of carbonyl (C=O) groups is 1. The summed E-state index contributed by atoms with van der Waals surface area (Å²) in [6.07, 6.45) is 0. The molecule has 0 spiro atoms. The minimum atomic E-state index is -3.67. The Morgan fingerprint density at radius 3 is 2.21 bits per heavy atom. The largest absolute Gasteiger partial charge is 0.306 e. The van der Waals surface area contributed by atoms with Crippen molar-refractivity contribution >= 4 is 21.6 Å². The van der Waals surface area contributed by atoms with Crippen LogP contribution < -0.4 is 9.62 Å². The molecule has 0 heterocycles. The molecule has 0 aliphatic heterocycles. The molecule has 2 rings (SSSR count). The zero-order valence-electron chi connectivity index (χ0n) is 16.7. The molecular formula is C21H25N3O3S. The second kappa shape index (κ2) is 8.13. The van der Waals surface area contributed by atoms with Crippen LogP contribution in [0.2, 0.25) is 0 Å². The minimum absolute atomic E-state index is 0.0987. The lowest BCUT2D eigenvalue weighted by molar-refractivity contribution is 0.0980. The summed E-state index contributed by atoms with van der Waals surface area (Å²) in [5, 5.41) is 9.11. The highest BCUT2D eigenvalue weighted by molar-refractivity contribution is 7.89. The molecule has 0 unspecified atom stereocenters. The van der Waals surface area contributed by atoms with Gasteiger partial charge in [-0.3, -0.25) is 4.79 Å². The quantitative estimate of drug-likeness (QED) is 0.830. The standard InChI is InChI=1S/C21H25N3O3S/c1-15(2)24(18-8-6-7-16(13-18)14-22)20(25)17-9-11-19(12-10-17)28(26,27)23-21(3,4)5/h6-13,15,23H,1-5H3. The van der Waals surface area contributed by atoms with E-state index in [0.29, 0.717) is 16.8 Å². The molecule has 2 aromatic carbocycles. The Bertz CT molecular complexity index is 998. The summed E-state index contributed by atoms with van der Waals surface area (Å²) in [4.78, 5) is 14.7. The SMILES string of the molecule is CC(C)N(C(=O)c1ccc(S(=O)(=O)NC(C)(C)C)cc1)c1cccc(C#N)c1. The molecule has 0 radical (unpaired) electrons. The van der Waals surface area contributed by atoms with Crippen LogP contribution in [0.4, 0.5) is 5.69 Å². The van der Waals surface area contributed by atoms with Gasteiger partial charge in [0, 0.05) is 22.8 Å². The summed E-state index contributed by atoms with van der Waals surface area (Å²) >= 11 is 0. The number of benzene rings is 2.